The first-order valence-corrected chi connectivity index (χ1v) is 35.3. The Balaban J connectivity index is 5.26. The summed E-state index contributed by atoms with van der Waals surface area (Å²) in [4.78, 5) is 58.7. The van der Waals surface area contributed by atoms with Gasteiger partial charge >= 0.3 is 0 Å². The summed E-state index contributed by atoms with van der Waals surface area (Å²) in [5, 5.41) is 12.0. The predicted octanol–water partition coefficient (Wildman–Crippen LogP) is 9.72. The van der Waals surface area contributed by atoms with Crippen LogP contribution < -0.4 is 21.3 Å². The Morgan fingerprint density at radius 2 is 0.552 bits per heavy atom. The first kappa shape index (κ1) is 84.4. The van der Waals surface area contributed by atoms with Crippen molar-refractivity contribution in [3.05, 3.63) is 0 Å². The summed E-state index contributed by atoms with van der Waals surface area (Å²) in [6.07, 6.45) is 23.3. The fraction of sp³-hybridized carbons (Fsp3) is 0.941. The highest BCUT2D eigenvalue weighted by Gasteiger charge is 2.16. The average Bonchev–Trinajstić information content (AvgIpc) is 3.55. The van der Waals surface area contributed by atoms with Gasteiger partial charge < -0.3 is 73.9 Å². The maximum Gasteiger partial charge on any atom is 0.221 e. The van der Waals surface area contributed by atoms with Gasteiger partial charge in [-0.2, -0.15) is 0 Å². The van der Waals surface area contributed by atoms with Gasteiger partial charge in [-0.15, -0.1) is 0 Å². The van der Waals surface area contributed by atoms with Crippen LogP contribution in [0.2, 0.25) is 0 Å². The number of hydrogen-bond donors (Lipinski definition) is 4. The topological polar surface area (TPSA) is 200 Å². The van der Waals surface area contributed by atoms with Gasteiger partial charge in [-0.25, -0.2) is 0 Å². The minimum atomic E-state index is -0.0439. The van der Waals surface area contributed by atoms with E-state index in [0.717, 1.165) is 91.1 Å². The minimum absolute atomic E-state index is 0.0430. The van der Waals surface area contributed by atoms with Crippen LogP contribution >= 0.6 is 0 Å². The first-order valence-electron chi connectivity index (χ1n) is 35.3. The van der Waals surface area contributed by atoms with E-state index in [-0.39, 0.29) is 23.6 Å². The quantitative estimate of drug-likeness (QED) is 0.0419. The predicted molar refractivity (Wildman–Crippen MR) is 355 cm³/mol. The van der Waals surface area contributed by atoms with Crippen LogP contribution in [0.4, 0.5) is 0 Å². The molecule has 4 atom stereocenters. The maximum absolute atomic E-state index is 13.0. The second-order valence-corrected chi connectivity index (χ2v) is 23.9. The Hall–Kier alpha value is -2.56. The summed E-state index contributed by atoms with van der Waals surface area (Å²) in [7, 11) is 2.11. The Labute approximate surface area is 532 Å². The van der Waals surface area contributed by atoms with E-state index in [1.54, 1.807) is 0 Å². The zero-order valence-electron chi connectivity index (χ0n) is 57.6. The number of hydrogen-bond acceptors (Lipinski definition) is 15. The molecular formula is C68H137N7O12. The van der Waals surface area contributed by atoms with Crippen molar-refractivity contribution >= 4 is 23.6 Å². The van der Waals surface area contributed by atoms with Crippen LogP contribution in [-0.4, -0.2) is 230 Å². The lowest BCUT2D eigenvalue weighted by molar-refractivity contribution is -0.123. The van der Waals surface area contributed by atoms with E-state index in [1.165, 1.54) is 83.5 Å². The SMILES string of the molecule is CCCCCC(CC)COCCOCCNC(=O)CCN(CCCN(C)CCCN(CCC(=O)NCCOCCOCC(CC)CCCC)CCC(=O)NCCOCCOCC(CC)CCCC)CCC(=O)NCCOCCOCC(CC)CCCC. The number of carbonyl (C=O) groups excluding carboxylic acids is 4. The van der Waals surface area contributed by atoms with Crippen LogP contribution in [-0.2, 0) is 57.1 Å². The lowest BCUT2D eigenvalue weighted by Crippen LogP contribution is -2.37. The van der Waals surface area contributed by atoms with Crippen LogP contribution in [0, 0.1) is 23.7 Å². The van der Waals surface area contributed by atoms with Crippen molar-refractivity contribution in [2.45, 2.75) is 203 Å². The number of rotatable bonds is 69. The standard InChI is InChI=1S/C68H137N7O12/c1-10-18-22-28-64(17-8)60-87-56-52-83-48-36-72-68(79)32-44-75(43-31-67(78)71-35-47-82-51-55-86-59-63(16-7)27-21-13-4)40-24-38-73(9)37-23-39-74(41-29-65(76)69-33-45-80-49-53-84-57-61(14-5)25-19-11-2)42-30-66(77)70-34-46-81-50-54-85-58-62(15-6)26-20-12-3/h61-64H,10-60H2,1-9H3,(H,69,76)(H,70,77)(H,71,78)(H,72,79). The lowest BCUT2D eigenvalue weighted by Gasteiger charge is -2.25. The Morgan fingerprint density at radius 3 is 0.805 bits per heavy atom. The number of ether oxygens (including phenoxy) is 8. The minimum Gasteiger partial charge on any atom is -0.379 e. The van der Waals surface area contributed by atoms with Crippen LogP contribution in [0.1, 0.15) is 203 Å². The van der Waals surface area contributed by atoms with Gasteiger partial charge in [0.2, 0.25) is 23.6 Å². The molecule has 0 fully saturated rings. The van der Waals surface area contributed by atoms with E-state index in [0.29, 0.717) is 181 Å². The molecule has 516 valence electrons. The molecule has 19 heteroatoms. The van der Waals surface area contributed by atoms with Gasteiger partial charge in [0.05, 0.1) is 79.3 Å². The van der Waals surface area contributed by atoms with E-state index in [4.69, 9.17) is 37.9 Å². The van der Waals surface area contributed by atoms with Crippen LogP contribution in [0.25, 0.3) is 0 Å². The molecule has 0 spiro atoms. The molecule has 0 rings (SSSR count). The molecule has 4 N–H and O–H groups in total. The Bertz CT molecular complexity index is 1480. The highest BCUT2D eigenvalue weighted by Crippen LogP contribution is 2.16. The Kier molecular flexibility index (Phi) is 63.0. The van der Waals surface area contributed by atoms with Crippen molar-refractivity contribution < 1.29 is 57.1 Å². The van der Waals surface area contributed by atoms with Gasteiger partial charge in [0, 0.05) is 104 Å². The maximum atomic E-state index is 13.0. The van der Waals surface area contributed by atoms with Crippen molar-refractivity contribution in [1.29, 1.82) is 0 Å². The number of unbranched alkanes of at least 4 members (excludes halogenated alkanes) is 5. The van der Waals surface area contributed by atoms with E-state index in [2.05, 4.69) is 98.4 Å². The number of nitrogens with one attached hydrogen (secondary N) is 4. The van der Waals surface area contributed by atoms with Crippen molar-refractivity contribution in [1.82, 2.24) is 36.0 Å². The smallest absolute Gasteiger partial charge is 0.221 e. The molecular weight excluding hydrogens is 1110 g/mol. The molecule has 0 bridgehead atoms. The summed E-state index contributed by atoms with van der Waals surface area (Å²) in [6.45, 7) is 33.7. The number of nitrogens with zero attached hydrogens (tertiary/aromatic N) is 3. The molecule has 0 aliphatic heterocycles. The molecule has 19 nitrogen and oxygen atoms in total. The molecule has 0 aliphatic rings. The highest BCUT2D eigenvalue weighted by molar-refractivity contribution is 5.77. The van der Waals surface area contributed by atoms with Crippen molar-refractivity contribution in [3.8, 4) is 0 Å². The number of carbonyl (C=O) groups is 4. The van der Waals surface area contributed by atoms with Gasteiger partial charge in [-0.1, -0.05) is 139 Å². The second-order valence-electron chi connectivity index (χ2n) is 23.9. The molecule has 0 radical (unpaired) electrons. The molecule has 0 aliphatic carbocycles. The molecule has 0 aromatic carbocycles. The van der Waals surface area contributed by atoms with E-state index < -0.39 is 0 Å². The molecule has 87 heavy (non-hydrogen) atoms. The Morgan fingerprint density at radius 1 is 0.299 bits per heavy atom. The average molecular weight is 1240 g/mol. The summed E-state index contributed by atoms with van der Waals surface area (Å²) in [6, 6.07) is 0. The van der Waals surface area contributed by atoms with Crippen molar-refractivity contribution in [2.24, 2.45) is 23.7 Å². The highest BCUT2D eigenvalue weighted by atomic mass is 16.5. The monoisotopic (exact) mass is 1240 g/mol. The first-order chi connectivity index (χ1) is 42.5. The summed E-state index contributed by atoms with van der Waals surface area (Å²) >= 11 is 0. The molecule has 0 aromatic rings. The largest absolute Gasteiger partial charge is 0.379 e. The second kappa shape index (κ2) is 65.0. The van der Waals surface area contributed by atoms with Gasteiger partial charge in [-0.3, -0.25) is 19.2 Å². The zero-order valence-corrected chi connectivity index (χ0v) is 57.6. The fourth-order valence-electron chi connectivity index (χ4n) is 10.0. The molecule has 0 saturated heterocycles. The number of amides is 4. The van der Waals surface area contributed by atoms with Crippen molar-refractivity contribution in [3.63, 3.8) is 0 Å². The van der Waals surface area contributed by atoms with Gasteiger partial charge in [-0.05, 0) is 95.4 Å². The van der Waals surface area contributed by atoms with Crippen LogP contribution in [0.15, 0.2) is 0 Å². The molecule has 0 saturated carbocycles. The van der Waals surface area contributed by atoms with E-state index >= 15 is 0 Å². The van der Waals surface area contributed by atoms with Gasteiger partial charge in [0.15, 0.2) is 0 Å². The summed E-state index contributed by atoms with van der Waals surface area (Å²) in [5.41, 5.74) is 0. The lowest BCUT2D eigenvalue weighted by atomic mass is 10.00. The molecule has 0 aromatic heterocycles. The molecule has 4 amide bonds. The van der Waals surface area contributed by atoms with Gasteiger partial charge in [0.1, 0.15) is 0 Å². The van der Waals surface area contributed by atoms with E-state index in [9.17, 15) is 19.2 Å². The molecule has 0 heterocycles. The van der Waals surface area contributed by atoms with Crippen LogP contribution in [0.5, 0.6) is 0 Å². The van der Waals surface area contributed by atoms with E-state index in [1.807, 2.05) is 0 Å². The third kappa shape index (κ3) is 57.1. The third-order valence-electron chi connectivity index (χ3n) is 16.2. The molecule has 4 unspecified atom stereocenters. The summed E-state index contributed by atoms with van der Waals surface area (Å²) in [5.74, 6) is 2.20. The van der Waals surface area contributed by atoms with Crippen molar-refractivity contribution in [2.75, 3.05) is 191 Å². The van der Waals surface area contributed by atoms with Gasteiger partial charge in [0.25, 0.3) is 0 Å². The third-order valence-corrected chi connectivity index (χ3v) is 16.2. The summed E-state index contributed by atoms with van der Waals surface area (Å²) < 4.78 is 46.4. The van der Waals surface area contributed by atoms with Crippen LogP contribution in [0.3, 0.4) is 0 Å². The zero-order chi connectivity index (χ0) is 63.9. The fourth-order valence-corrected chi connectivity index (χ4v) is 10.0. The normalized spacial score (nSPS) is 13.1.